The molecule has 0 aliphatic heterocycles. The van der Waals surface area contributed by atoms with Gasteiger partial charge in [0.25, 0.3) is 0 Å². The fourth-order valence-corrected chi connectivity index (χ4v) is 7.89. The Morgan fingerprint density at radius 1 is 1.11 bits per heavy atom. The summed E-state index contributed by atoms with van der Waals surface area (Å²) < 4.78 is 5.80. The zero-order chi connectivity index (χ0) is 20.1. The van der Waals surface area contributed by atoms with Crippen molar-refractivity contribution in [3.8, 4) is 0 Å². The van der Waals surface area contributed by atoms with Crippen LogP contribution in [0.5, 0.6) is 0 Å². The number of Topliss-reactive ketones (excluding diaryl/α,β-unsaturated/α-hetero) is 1. The topological polar surface area (TPSA) is 43.4 Å². The van der Waals surface area contributed by atoms with Gasteiger partial charge in [0.2, 0.25) is 0 Å². The highest BCUT2D eigenvalue weighted by Gasteiger charge is 2.59. The lowest BCUT2D eigenvalue weighted by Gasteiger charge is -2.60. The molecule has 0 saturated heterocycles. The van der Waals surface area contributed by atoms with Gasteiger partial charge in [-0.05, 0) is 105 Å². The first kappa shape index (κ1) is 20.2. The van der Waals surface area contributed by atoms with Crippen LogP contribution in [0.25, 0.3) is 0 Å². The van der Waals surface area contributed by atoms with Crippen LogP contribution < -0.4 is 0 Å². The fourth-order valence-electron chi connectivity index (χ4n) is 7.89. The molecule has 156 valence electrons. The van der Waals surface area contributed by atoms with Crippen LogP contribution in [-0.2, 0) is 14.3 Å². The van der Waals surface area contributed by atoms with Gasteiger partial charge in [0.05, 0.1) is 0 Å². The van der Waals surface area contributed by atoms with Crippen LogP contribution in [0.1, 0.15) is 91.9 Å². The second-order valence-electron chi connectivity index (χ2n) is 10.7. The number of allylic oxidation sites excluding steroid dienone is 2. The van der Waals surface area contributed by atoms with Crippen molar-refractivity contribution < 1.29 is 14.3 Å². The minimum Gasteiger partial charge on any atom is -0.462 e. The normalized spacial score (nSPS) is 44.7. The molecular weight excluding hydrogens is 348 g/mol. The molecule has 0 spiro atoms. The van der Waals surface area contributed by atoms with Gasteiger partial charge in [0.1, 0.15) is 6.10 Å². The van der Waals surface area contributed by atoms with Crippen LogP contribution in [0.2, 0.25) is 0 Å². The molecule has 0 amide bonds. The van der Waals surface area contributed by atoms with Gasteiger partial charge in [-0.3, -0.25) is 9.59 Å². The van der Waals surface area contributed by atoms with E-state index in [0.29, 0.717) is 23.7 Å². The van der Waals surface area contributed by atoms with Crippen molar-refractivity contribution in [2.75, 3.05) is 0 Å². The van der Waals surface area contributed by atoms with Crippen molar-refractivity contribution in [1.82, 2.24) is 0 Å². The Bertz CT molecular complexity index is 679. The molecule has 4 aliphatic carbocycles. The van der Waals surface area contributed by atoms with Crippen molar-refractivity contribution in [2.45, 2.75) is 98.0 Å². The highest BCUT2D eigenvalue weighted by Crippen LogP contribution is 2.66. The molecule has 3 saturated carbocycles. The lowest BCUT2D eigenvalue weighted by Crippen LogP contribution is -2.54. The van der Waals surface area contributed by atoms with E-state index in [1.165, 1.54) is 32.1 Å². The Labute approximate surface area is 170 Å². The van der Waals surface area contributed by atoms with E-state index in [9.17, 15) is 9.59 Å². The Morgan fingerprint density at radius 2 is 1.89 bits per heavy atom. The highest BCUT2D eigenvalue weighted by molar-refractivity contribution is 5.95. The largest absolute Gasteiger partial charge is 0.462 e. The number of hydrogen-bond donors (Lipinski definition) is 0. The van der Waals surface area contributed by atoms with Gasteiger partial charge in [-0.2, -0.15) is 0 Å². The Kier molecular flexibility index (Phi) is 5.25. The number of carbonyl (C=O) groups excluding carboxylic acids is 2. The summed E-state index contributed by atoms with van der Waals surface area (Å²) in [4.78, 5) is 24.2. The second kappa shape index (κ2) is 7.29. The van der Waals surface area contributed by atoms with Crippen molar-refractivity contribution in [2.24, 2.45) is 34.5 Å². The average molecular weight is 387 g/mol. The lowest BCUT2D eigenvalue weighted by atomic mass is 9.44. The number of hydrogen-bond acceptors (Lipinski definition) is 3. The minimum atomic E-state index is -0.00739. The van der Waals surface area contributed by atoms with E-state index in [-0.39, 0.29) is 23.3 Å². The molecule has 0 unspecified atom stereocenters. The van der Waals surface area contributed by atoms with Crippen molar-refractivity contribution in [3.05, 3.63) is 11.6 Å². The molecule has 0 aromatic heterocycles. The molecule has 0 bridgehead atoms. The molecule has 3 heteroatoms. The average Bonchev–Trinajstić information content (AvgIpc) is 2.99. The van der Waals surface area contributed by atoms with Crippen molar-refractivity contribution in [1.29, 1.82) is 0 Å². The lowest BCUT2D eigenvalue weighted by molar-refractivity contribution is -0.161. The summed E-state index contributed by atoms with van der Waals surface area (Å²) in [6.45, 7) is 8.69. The smallest absolute Gasteiger partial charge is 0.306 e. The molecular formula is C25H38O3. The van der Waals surface area contributed by atoms with Gasteiger partial charge in [-0.25, -0.2) is 0 Å². The van der Waals surface area contributed by atoms with Crippen molar-refractivity contribution >= 4 is 11.8 Å². The standard InChI is InChI=1S/C25H38O3/c1-5-6-23(27)28-18-11-13-24(3)17(15-18)7-8-19-21-10-9-20(16(2)26)25(21,4)14-12-22(19)24/h9,17-19,21-22H,5-8,10-15H2,1-4H3/t17-,18-,19+,21+,22-,24-,25+/m0/s1. The summed E-state index contributed by atoms with van der Waals surface area (Å²) in [7, 11) is 0. The van der Waals surface area contributed by atoms with Gasteiger partial charge in [0, 0.05) is 6.42 Å². The number of ketones is 1. The summed E-state index contributed by atoms with van der Waals surface area (Å²) in [6, 6.07) is 0. The molecule has 4 aliphatic rings. The molecule has 4 rings (SSSR count). The van der Waals surface area contributed by atoms with Gasteiger partial charge >= 0.3 is 5.97 Å². The van der Waals surface area contributed by atoms with E-state index in [2.05, 4.69) is 19.9 Å². The monoisotopic (exact) mass is 386 g/mol. The van der Waals surface area contributed by atoms with Crippen LogP contribution in [0.4, 0.5) is 0 Å². The number of rotatable bonds is 4. The Hall–Kier alpha value is -1.12. The molecule has 0 N–H and O–H groups in total. The third kappa shape index (κ3) is 3.08. The van der Waals surface area contributed by atoms with Gasteiger partial charge in [0.15, 0.2) is 5.78 Å². The molecule has 3 nitrogen and oxygen atoms in total. The zero-order valence-electron chi connectivity index (χ0n) is 18.3. The van der Waals surface area contributed by atoms with E-state index < -0.39 is 0 Å². The summed E-state index contributed by atoms with van der Waals surface area (Å²) in [5.41, 5.74) is 1.62. The van der Waals surface area contributed by atoms with Crippen LogP contribution in [0.3, 0.4) is 0 Å². The molecule has 3 fully saturated rings. The van der Waals surface area contributed by atoms with Gasteiger partial charge in [-0.1, -0.05) is 26.8 Å². The molecule has 7 atom stereocenters. The van der Waals surface area contributed by atoms with E-state index in [0.717, 1.165) is 43.1 Å². The SMILES string of the molecule is CCCC(=O)O[C@H]1CC[C@@]2(C)[C@@H](CC[C@@H]3[C@H]4CC=C(C(C)=O)[C@@]4(C)CC[C@@H]32)C1. The molecule has 0 aromatic carbocycles. The number of fused-ring (bicyclic) bond motifs is 5. The molecule has 0 radical (unpaired) electrons. The number of esters is 1. The van der Waals surface area contributed by atoms with E-state index in [1.807, 2.05) is 6.92 Å². The first-order valence-corrected chi connectivity index (χ1v) is 11.7. The maximum atomic E-state index is 12.2. The number of carbonyl (C=O) groups is 2. The third-order valence-corrected chi connectivity index (χ3v) is 9.33. The Morgan fingerprint density at radius 3 is 2.61 bits per heavy atom. The molecule has 28 heavy (non-hydrogen) atoms. The fraction of sp³-hybridized carbons (Fsp3) is 0.840. The van der Waals surface area contributed by atoms with Crippen LogP contribution in [0, 0.1) is 34.5 Å². The zero-order valence-corrected chi connectivity index (χ0v) is 18.3. The van der Waals surface area contributed by atoms with Crippen LogP contribution >= 0.6 is 0 Å². The Balaban J connectivity index is 1.48. The summed E-state index contributed by atoms with van der Waals surface area (Å²) in [6.07, 6.45) is 13.2. The van der Waals surface area contributed by atoms with Gasteiger partial charge < -0.3 is 4.74 Å². The van der Waals surface area contributed by atoms with E-state index in [1.54, 1.807) is 6.92 Å². The summed E-state index contributed by atoms with van der Waals surface area (Å²) >= 11 is 0. The first-order valence-electron chi connectivity index (χ1n) is 11.7. The predicted molar refractivity (Wildman–Crippen MR) is 111 cm³/mol. The van der Waals surface area contributed by atoms with Crippen LogP contribution in [0.15, 0.2) is 11.6 Å². The van der Waals surface area contributed by atoms with Crippen LogP contribution in [-0.4, -0.2) is 17.9 Å². The second-order valence-corrected chi connectivity index (χ2v) is 10.7. The maximum absolute atomic E-state index is 12.2. The third-order valence-electron chi connectivity index (χ3n) is 9.33. The molecule has 0 heterocycles. The summed E-state index contributed by atoms with van der Waals surface area (Å²) in [5.74, 6) is 3.16. The molecule has 0 aromatic rings. The summed E-state index contributed by atoms with van der Waals surface area (Å²) in [5, 5.41) is 0. The predicted octanol–water partition coefficient (Wildman–Crippen LogP) is 5.87. The number of ether oxygens (including phenoxy) is 1. The van der Waals surface area contributed by atoms with E-state index >= 15 is 0 Å². The highest BCUT2D eigenvalue weighted by atomic mass is 16.5. The van der Waals surface area contributed by atoms with Crippen molar-refractivity contribution in [3.63, 3.8) is 0 Å². The first-order chi connectivity index (χ1) is 13.3. The van der Waals surface area contributed by atoms with E-state index in [4.69, 9.17) is 4.74 Å². The maximum Gasteiger partial charge on any atom is 0.306 e. The quantitative estimate of drug-likeness (QED) is 0.568. The minimum absolute atomic E-state index is 0.00739. The van der Waals surface area contributed by atoms with Gasteiger partial charge in [-0.15, -0.1) is 0 Å².